The van der Waals surface area contributed by atoms with E-state index in [9.17, 15) is 9.59 Å². The summed E-state index contributed by atoms with van der Waals surface area (Å²) in [4.78, 5) is 24.0. The number of rotatable bonds is 4. The van der Waals surface area contributed by atoms with Crippen LogP contribution in [-0.4, -0.2) is 42.1 Å². The third kappa shape index (κ3) is 6.14. The lowest BCUT2D eigenvalue weighted by Gasteiger charge is -2.30. The number of carbonyl (C=O) groups is 2. The molecule has 0 spiro atoms. The molecule has 0 aliphatic heterocycles. The van der Waals surface area contributed by atoms with Crippen LogP contribution in [0.5, 0.6) is 0 Å². The minimum atomic E-state index is -1.16. The van der Waals surface area contributed by atoms with Gasteiger partial charge in [0.25, 0.3) is 0 Å². The molecular weight excluding hydrogens is 220 g/mol. The van der Waals surface area contributed by atoms with Crippen LogP contribution >= 0.6 is 0 Å². The summed E-state index contributed by atoms with van der Waals surface area (Å²) in [6.07, 6.45) is -0.386. The largest absolute Gasteiger partial charge is 0.465 e. The predicted octanol–water partition coefficient (Wildman–Crippen LogP) is 1.78. The maximum atomic E-state index is 11.9. The maximum absolute atomic E-state index is 11.9. The second-order valence-electron chi connectivity index (χ2n) is 5.90. The quantitative estimate of drug-likeness (QED) is 0.792. The Labute approximate surface area is 103 Å². The Bertz CT molecular complexity index is 282. The molecule has 0 bridgehead atoms. The summed E-state index contributed by atoms with van der Waals surface area (Å²) in [5.41, 5.74) is 0.0600. The number of nitrogens with one attached hydrogen (secondary N) is 1. The minimum absolute atomic E-state index is 0.0407. The number of hydrogen-bond donors (Lipinski definition) is 2. The average molecular weight is 244 g/mol. The van der Waals surface area contributed by atoms with Crippen LogP contribution in [0, 0.1) is 11.3 Å². The standard InChI is InChI=1S/C12H24N2O3/c1-8(7-12(2,3)4)9(13-11(16)17)10(15)14(5)6/h8-9,13H,7H2,1-6H3,(H,16,17)/t8?,9-/m0/s1. The van der Waals surface area contributed by atoms with Crippen LogP contribution in [0.15, 0.2) is 0 Å². The van der Waals surface area contributed by atoms with Crippen LogP contribution in [0.1, 0.15) is 34.1 Å². The van der Waals surface area contributed by atoms with Gasteiger partial charge in [0, 0.05) is 14.1 Å². The van der Waals surface area contributed by atoms with E-state index < -0.39 is 12.1 Å². The molecule has 5 heteroatoms. The minimum Gasteiger partial charge on any atom is -0.465 e. The number of hydrogen-bond acceptors (Lipinski definition) is 2. The summed E-state index contributed by atoms with van der Waals surface area (Å²) in [5.74, 6) is -0.245. The Morgan fingerprint density at radius 2 is 1.76 bits per heavy atom. The fraction of sp³-hybridized carbons (Fsp3) is 0.833. The molecule has 0 aromatic rings. The van der Waals surface area contributed by atoms with E-state index in [0.717, 1.165) is 6.42 Å². The van der Waals surface area contributed by atoms with Gasteiger partial charge in [-0.15, -0.1) is 0 Å². The van der Waals surface area contributed by atoms with E-state index in [1.807, 2.05) is 6.92 Å². The Hall–Kier alpha value is -1.26. The van der Waals surface area contributed by atoms with E-state index in [4.69, 9.17) is 5.11 Å². The fourth-order valence-electron chi connectivity index (χ4n) is 1.94. The first-order valence-electron chi connectivity index (χ1n) is 5.75. The summed E-state index contributed by atoms with van der Waals surface area (Å²) in [6, 6.07) is -0.679. The van der Waals surface area contributed by atoms with Crippen LogP contribution < -0.4 is 5.32 Å². The Morgan fingerprint density at radius 3 is 2.06 bits per heavy atom. The average Bonchev–Trinajstić information content (AvgIpc) is 2.09. The molecule has 100 valence electrons. The number of likely N-dealkylation sites (N-methyl/N-ethyl adjacent to an activating group) is 1. The van der Waals surface area contributed by atoms with Crippen molar-refractivity contribution in [1.82, 2.24) is 10.2 Å². The van der Waals surface area contributed by atoms with E-state index in [1.165, 1.54) is 4.90 Å². The second-order valence-corrected chi connectivity index (χ2v) is 5.90. The van der Waals surface area contributed by atoms with Gasteiger partial charge < -0.3 is 15.3 Å². The molecule has 1 unspecified atom stereocenters. The van der Waals surface area contributed by atoms with E-state index in [-0.39, 0.29) is 17.2 Å². The molecule has 0 rings (SSSR count). The van der Waals surface area contributed by atoms with Gasteiger partial charge in [0.05, 0.1) is 0 Å². The number of nitrogens with zero attached hydrogens (tertiary/aromatic N) is 1. The van der Waals surface area contributed by atoms with Crippen molar-refractivity contribution in [2.45, 2.75) is 40.2 Å². The van der Waals surface area contributed by atoms with Gasteiger partial charge in [0.15, 0.2) is 0 Å². The maximum Gasteiger partial charge on any atom is 0.405 e. The van der Waals surface area contributed by atoms with Gasteiger partial charge in [-0.05, 0) is 17.8 Å². The SMILES string of the molecule is CC(CC(C)(C)C)[C@H](NC(=O)O)C(=O)N(C)C. The highest BCUT2D eigenvalue weighted by Crippen LogP contribution is 2.26. The highest BCUT2D eigenvalue weighted by atomic mass is 16.4. The van der Waals surface area contributed by atoms with Crippen molar-refractivity contribution in [2.24, 2.45) is 11.3 Å². The highest BCUT2D eigenvalue weighted by Gasteiger charge is 2.30. The van der Waals surface area contributed by atoms with Gasteiger partial charge in [-0.25, -0.2) is 4.79 Å². The second kappa shape index (κ2) is 5.89. The van der Waals surface area contributed by atoms with E-state index in [2.05, 4.69) is 26.1 Å². The number of amides is 2. The normalized spacial score (nSPS) is 14.9. The van der Waals surface area contributed by atoms with Crippen molar-refractivity contribution < 1.29 is 14.7 Å². The van der Waals surface area contributed by atoms with Crippen molar-refractivity contribution in [3.8, 4) is 0 Å². The smallest absolute Gasteiger partial charge is 0.405 e. The molecule has 0 radical (unpaired) electrons. The number of carboxylic acid groups (broad SMARTS) is 1. The van der Waals surface area contributed by atoms with Gasteiger partial charge in [-0.3, -0.25) is 4.79 Å². The molecule has 0 aliphatic carbocycles. The van der Waals surface area contributed by atoms with Gasteiger partial charge in [0.1, 0.15) is 6.04 Å². The molecular formula is C12H24N2O3. The molecule has 2 amide bonds. The van der Waals surface area contributed by atoms with Crippen molar-refractivity contribution in [3.63, 3.8) is 0 Å². The molecule has 0 aliphatic rings. The van der Waals surface area contributed by atoms with Gasteiger partial charge in [-0.2, -0.15) is 0 Å². The van der Waals surface area contributed by atoms with Gasteiger partial charge in [0.2, 0.25) is 5.91 Å². The van der Waals surface area contributed by atoms with Crippen LogP contribution in [0.3, 0.4) is 0 Å². The Kier molecular flexibility index (Phi) is 5.45. The molecule has 5 nitrogen and oxygen atoms in total. The fourth-order valence-corrected chi connectivity index (χ4v) is 1.94. The molecule has 0 aromatic heterocycles. The topological polar surface area (TPSA) is 69.6 Å². The van der Waals surface area contributed by atoms with Gasteiger partial charge >= 0.3 is 6.09 Å². The molecule has 0 aromatic carbocycles. The number of carbonyl (C=O) groups excluding carboxylic acids is 1. The third-order valence-electron chi connectivity index (χ3n) is 2.49. The van der Waals surface area contributed by atoms with E-state index in [0.29, 0.717) is 0 Å². The molecule has 0 heterocycles. The molecule has 2 atom stereocenters. The lowest BCUT2D eigenvalue weighted by Crippen LogP contribution is -2.50. The van der Waals surface area contributed by atoms with Crippen molar-refractivity contribution in [1.29, 1.82) is 0 Å². The first-order valence-corrected chi connectivity index (χ1v) is 5.75. The molecule has 17 heavy (non-hydrogen) atoms. The van der Waals surface area contributed by atoms with Crippen molar-refractivity contribution in [2.75, 3.05) is 14.1 Å². The Morgan fingerprint density at radius 1 is 1.29 bits per heavy atom. The van der Waals surface area contributed by atoms with Crippen molar-refractivity contribution in [3.05, 3.63) is 0 Å². The zero-order valence-corrected chi connectivity index (χ0v) is 11.6. The summed E-state index contributed by atoms with van der Waals surface area (Å²) in [6.45, 7) is 8.11. The molecule has 2 N–H and O–H groups in total. The van der Waals surface area contributed by atoms with E-state index >= 15 is 0 Å². The van der Waals surface area contributed by atoms with Crippen molar-refractivity contribution >= 4 is 12.0 Å². The summed E-state index contributed by atoms with van der Waals surface area (Å²) >= 11 is 0. The zero-order chi connectivity index (χ0) is 13.8. The highest BCUT2D eigenvalue weighted by molar-refractivity contribution is 5.85. The summed E-state index contributed by atoms with van der Waals surface area (Å²) in [5, 5.41) is 11.1. The summed E-state index contributed by atoms with van der Waals surface area (Å²) < 4.78 is 0. The summed E-state index contributed by atoms with van der Waals surface area (Å²) in [7, 11) is 3.26. The first kappa shape index (κ1) is 15.7. The lowest BCUT2D eigenvalue weighted by molar-refractivity contribution is -0.132. The van der Waals surface area contributed by atoms with Crippen LogP contribution in [0.4, 0.5) is 4.79 Å². The van der Waals surface area contributed by atoms with Crippen LogP contribution in [0.25, 0.3) is 0 Å². The van der Waals surface area contributed by atoms with Crippen LogP contribution in [0.2, 0.25) is 0 Å². The van der Waals surface area contributed by atoms with Crippen LogP contribution in [-0.2, 0) is 4.79 Å². The predicted molar refractivity (Wildman–Crippen MR) is 66.9 cm³/mol. The van der Waals surface area contributed by atoms with E-state index in [1.54, 1.807) is 14.1 Å². The molecule has 0 fully saturated rings. The molecule has 0 saturated carbocycles. The zero-order valence-electron chi connectivity index (χ0n) is 11.6. The molecule has 0 saturated heterocycles. The monoisotopic (exact) mass is 244 g/mol. The van der Waals surface area contributed by atoms with Gasteiger partial charge in [-0.1, -0.05) is 27.7 Å². The Balaban J connectivity index is 4.79. The first-order chi connectivity index (χ1) is 7.54. The lowest BCUT2D eigenvalue weighted by atomic mass is 9.82. The third-order valence-corrected chi connectivity index (χ3v) is 2.49.